The molecule has 0 saturated carbocycles. The van der Waals surface area contributed by atoms with Gasteiger partial charge in [-0.3, -0.25) is 0 Å². The van der Waals surface area contributed by atoms with Crippen LogP contribution in [0.4, 0.5) is 0 Å². The maximum absolute atomic E-state index is 13.8. The Hall–Kier alpha value is 0.00870. The summed E-state index contributed by atoms with van der Waals surface area (Å²) in [6.45, 7) is 13.7. The number of nitrogens with zero attached hydrogens (tertiary/aromatic N) is 1. The molecule has 0 aromatic heterocycles. The van der Waals surface area contributed by atoms with E-state index in [2.05, 4.69) is 39.5 Å². The molecule has 2 nitrogen and oxygen atoms in total. The van der Waals surface area contributed by atoms with Gasteiger partial charge in [0, 0.05) is 0 Å². The topological polar surface area (TPSA) is 20.3 Å². The first-order valence-corrected chi connectivity index (χ1v) is 20.6. The van der Waals surface area contributed by atoms with Crippen molar-refractivity contribution in [2.45, 2.75) is 131 Å². The molecule has 0 N–H and O–H groups in total. The number of unbranched alkanes of at least 4 members (excludes halogenated alkanes) is 3. The fourth-order valence-electron chi connectivity index (χ4n) is 5.28. The van der Waals surface area contributed by atoms with E-state index in [0.29, 0.717) is 5.91 Å². The monoisotopic (exact) mass is 513 g/mol. The zero-order valence-corrected chi connectivity index (χ0v) is 23.4. The van der Waals surface area contributed by atoms with Crippen LogP contribution in [0.3, 0.4) is 0 Å². The van der Waals surface area contributed by atoms with Gasteiger partial charge in [-0.2, -0.15) is 0 Å². The molecule has 0 spiro atoms. The number of likely N-dealkylation sites (tertiary alicyclic amines) is 1. The Morgan fingerprint density at radius 1 is 0.690 bits per heavy atom. The summed E-state index contributed by atoms with van der Waals surface area (Å²) < 4.78 is 6.25. The van der Waals surface area contributed by atoms with E-state index in [1.165, 1.54) is 89.5 Å². The van der Waals surface area contributed by atoms with Crippen molar-refractivity contribution in [3.05, 3.63) is 9.16 Å². The standard InChI is InChI=1S/C14H24NO.3C4H9.Sn/c1-3-5-10-13(9-4-2)14(16)15-11-7-6-8-12-15;3*1-3-4-2;/h3-9,11-12H2,1-2H3;3*1,3-4H2,2H3;. The minimum absolute atomic E-state index is 0.445. The predicted octanol–water partition coefficient (Wildman–Crippen LogP) is 8.28. The number of piperidine rings is 1. The van der Waals surface area contributed by atoms with Crippen molar-refractivity contribution in [3.63, 3.8) is 0 Å². The van der Waals surface area contributed by atoms with E-state index in [1.54, 1.807) is 3.59 Å². The Balaban J connectivity index is 3.46. The van der Waals surface area contributed by atoms with Crippen LogP contribution in [0, 0.1) is 0 Å². The van der Waals surface area contributed by atoms with Gasteiger partial charge >= 0.3 is 188 Å². The van der Waals surface area contributed by atoms with Gasteiger partial charge in [-0.25, -0.2) is 0 Å². The molecule has 1 heterocycles. The molecule has 0 aliphatic carbocycles. The Labute approximate surface area is 187 Å². The van der Waals surface area contributed by atoms with E-state index >= 15 is 0 Å². The van der Waals surface area contributed by atoms with Gasteiger partial charge in [0.05, 0.1) is 0 Å². The number of carbonyl (C=O) groups is 1. The Kier molecular flexibility index (Phi) is 14.7. The van der Waals surface area contributed by atoms with Crippen molar-refractivity contribution in [1.29, 1.82) is 0 Å². The van der Waals surface area contributed by atoms with Gasteiger partial charge in [0.15, 0.2) is 0 Å². The van der Waals surface area contributed by atoms with Crippen molar-refractivity contribution in [1.82, 2.24) is 4.90 Å². The summed E-state index contributed by atoms with van der Waals surface area (Å²) in [5.41, 5.74) is 1.32. The van der Waals surface area contributed by atoms with Crippen molar-refractivity contribution in [2.75, 3.05) is 13.1 Å². The molecule has 0 atom stereocenters. The van der Waals surface area contributed by atoms with E-state index in [1.807, 2.05) is 0 Å². The van der Waals surface area contributed by atoms with Gasteiger partial charge in [-0.15, -0.1) is 0 Å². The summed E-state index contributed by atoms with van der Waals surface area (Å²) in [6.07, 6.45) is 16.3. The third-order valence-corrected chi connectivity index (χ3v) is 23.4. The molecule has 170 valence electrons. The number of carbonyl (C=O) groups excluding carboxylic acids is 1. The first-order valence-electron chi connectivity index (χ1n) is 13.1. The number of rotatable bonds is 15. The van der Waals surface area contributed by atoms with Crippen LogP contribution >= 0.6 is 0 Å². The molecular weight excluding hydrogens is 461 g/mol. The van der Waals surface area contributed by atoms with E-state index < -0.39 is 18.4 Å². The summed E-state index contributed by atoms with van der Waals surface area (Å²) in [7, 11) is 0. The normalized spacial score (nSPS) is 16.1. The van der Waals surface area contributed by atoms with Gasteiger partial charge in [0.2, 0.25) is 0 Å². The first kappa shape index (κ1) is 27.0. The van der Waals surface area contributed by atoms with Crippen molar-refractivity contribution >= 4 is 24.3 Å². The Morgan fingerprint density at radius 2 is 1.17 bits per heavy atom. The van der Waals surface area contributed by atoms with E-state index in [-0.39, 0.29) is 0 Å². The van der Waals surface area contributed by atoms with E-state index in [0.717, 1.165) is 25.9 Å². The van der Waals surface area contributed by atoms with Crippen LogP contribution in [-0.2, 0) is 4.79 Å². The molecule has 0 bridgehead atoms. The molecule has 0 aromatic carbocycles. The summed E-state index contributed by atoms with van der Waals surface area (Å²) in [4.78, 5) is 16.0. The molecule has 1 amide bonds. The van der Waals surface area contributed by atoms with Gasteiger partial charge in [0.1, 0.15) is 0 Å². The fraction of sp³-hybridized carbons (Fsp3) is 0.885. The van der Waals surface area contributed by atoms with Crippen LogP contribution in [0.15, 0.2) is 9.16 Å². The molecule has 1 aliphatic rings. The van der Waals surface area contributed by atoms with Crippen LogP contribution < -0.4 is 0 Å². The number of hydrogen-bond donors (Lipinski definition) is 0. The molecule has 29 heavy (non-hydrogen) atoms. The molecule has 1 fully saturated rings. The summed E-state index contributed by atoms with van der Waals surface area (Å²) >= 11 is -2.56. The van der Waals surface area contributed by atoms with Gasteiger partial charge < -0.3 is 0 Å². The third-order valence-electron chi connectivity index (χ3n) is 6.93. The molecule has 1 saturated heterocycles. The minimum atomic E-state index is -2.56. The quantitative estimate of drug-likeness (QED) is 0.160. The molecule has 3 heteroatoms. The number of amides is 1. The van der Waals surface area contributed by atoms with Crippen molar-refractivity contribution in [3.8, 4) is 0 Å². The molecule has 1 rings (SSSR count). The Bertz CT molecular complexity index is 457. The van der Waals surface area contributed by atoms with Crippen LogP contribution in [0.1, 0.15) is 118 Å². The second kappa shape index (κ2) is 15.8. The van der Waals surface area contributed by atoms with Crippen LogP contribution in [-0.4, -0.2) is 42.3 Å². The van der Waals surface area contributed by atoms with Gasteiger partial charge in [-0.05, 0) is 0 Å². The van der Waals surface area contributed by atoms with Crippen molar-refractivity contribution in [2.24, 2.45) is 0 Å². The molecule has 0 aromatic rings. The molecule has 0 radical (unpaired) electrons. The van der Waals surface area contributed by atoms with Crippen LogP contribution in [0.25, 0.3) is 0 Å². The second-order valence-electron chi connectivity index (χ2n) is 9.40. The maximum atomic E-state index is 13.8. The predicted molar refractivity (Wildman–Crippen MR) is 132 cm³/mol. The second-order valence-corrected chi connectivity index (χ2v) is 22.7. The molecule has 0 unspecified atom stereocenters. The van der Waals surface area contributed by atoms with E-state index in [4.69, 9.17) is 0 Å². The SMILES string of the molecule is CCC[CH2][Sn]([CH2]CCC)([CH2]CCC)/[C](CCC)=C(\CCC)C(=O)N1CCCCC1. The number of hydrogen-bond acceptors (Lipinski definition) is 1. The van der Waals surface area contributed by atoms with Gasteiger partial charge in [-0.1, -0.05) is 0 Å². The first-order chi connectivity index (χ1) is 14.1. The average molecular weight is 512 g/mol. The molecule has 1 aliphatic heterocycles. The summed E-state index contributed by atoms with van der Waals surface area (Å²) in [6, 6.07) is 0. The fourth-order valence-corrected chi connectivity index (χ4v) is 23.5. The van der Waals surface area contributed by atoms with Crippen LogP contribution in [0.2, 0.25) is 13.3 Å². The van der Waals surface area contributed by atoms with Crippen LogP contribution in [0.5, 0.6) is 0 Å². The number of allylic oxidation sites excluding steroid dienone is 1. The molecular formula is C26H51NOSn. The zero-order valence-electron chi connectivity index (χ0n) is 20.6. The van der Waals surface area contributed by atoms with Crippen molar-refractivity contribution < 1.29 is 4.79 Å². The third kappa shape index (κ3) is 8.57. The van der Waals surface area contributed by atoms with Gasteiger partial charge in [0.25, 0.3) is 0 Å². The average Bonchev–Trinajstić information content (AvgIpc) is 2.76. The summed E-state index contributed by atoms with van der Waals surface area (Å²) in [5.74, 6) is 0.445. The summed E-state index contributed by atoms with van der Waals surface area (Å²) in [5, 5.41) is 0. The zero-order chi connectivity index (χ0) is 21.5. The Morgan fingerprint density at radius 3 is 1.59 bits per heavy atom. The van der Waals surface area contributed by atoms with E-state index in [9.17, 15) is 4.79 Å².